The van der Waals surface area contributed by atoms with Crippen LogP contribution in [0.3, 0.4) is 0 Å². The fourth-order valence-electron chi connectivity index (χ4n) is 1.65. The minimum absolute atomic E-state index is 0. The number of hydrogen-bond acceptors (Lipinski definition) is 2. The number of aryl methyl sites for hydroxylation is 1. The first-order chi connectivity index (χ1) is 6.70. The topological polar surface area (TPSA) is 40.1 Å². The largest absolute Gasteiger partial charge is 1.00 e. The van der Waals surface area contributed by atoms with Gasteiger partial charge in [0.25, 0.3) is 0 Å². The molecule has 0 unspecified atom stereocenters. The van der Waals surface area contributed by atoms with Gasteiger partial charge in [-0.2, -0.15) is 0 Å². The molecule has 72 valence electrons. The smallest absolute Gasteiger partial charge is 0.545 e. The predicted molar refractivity (Wildman–Crippen MR) is 58.8 cm³/mol. The van der Waals surface area contributed by atoms with E-state index in [0.29, 0.717) is 0 Å². The summed E-state index contributed by atoms with van der Waals surface area (Å²) in [6.45, 7) is 1.96. The van der Waals surface area contributed by atoms with Crippen molar-refractivity contribution in [2.24, 2.45) is 0 Å². The second kappa shape index (κ2) is 4.74. The molecule has 0 fully saturated rings. The molecular weight excluding hydrogens is 381 g/mol. The van der Waals surface area contributed by atoms with E-state index in [0.717, 1.165) is 16.3 Å². The summed E-state index contributed by atoms with van der Waals surface area (Å²) in [6, 6.07) is 10.8. The molecule has 2 rings (SSSR count). The van der Waals surface area contributed by atoms with Crippen LogP contribution in [0.2, 0.25) is 0 Å². The summed E-state index contributed by atoms with van der Waals surface area (Å²) in [5.74, 6) is -1.12. The summed E-state index contributed by atoms with van der Waals surface area (Å²) < 4.78 is 0. The molecule has 0 saturated carbocycles. The monoisotopic (exact) mass is 390 g/mol. The Morgan fingerprint density at radius 1 is 1.07 bits per heavy atom. The van der Waals surface area contributed by atoms with Crippen molar-refractivity contribution >= 4 is 44.0 Å². The fraction of sp³-hybridized carbons (Fsp3) is 0.0833. The Morgan fingerprint density at radius 2 is 1.67 bits per heavy atom. The molecule has 0 aromatic heterocycles. The summed E-state index contributed by atoms with van der Waals surface area (Å²) >= 11 is 0. The molecule has 0 amide bonds. The SMILES string of the molecule is Cc1cccc2c(C(=O)[O-])cccc12.[Tl+]. The van der Waals surface area contributed by atoms with Gasteiger partial charge in [-0.3, -0.25) is 0 Å². The predicted octanol–water partition coefficient (Wildman–Crippen LogP) is 1.13. The number of hydrogen-bond donors (Lipinski definition) is 0. The molecule has 2 aromatic rings. The molecule has 0 saturated heterocycles. The van der Waals surface area contributed by atoms with Crippen LogP contribution >= 0.6 is 0 Å². The first-order valence-electron chi connectivity index (χ1n) is 4.40. The van der Waals surface area contributed by atoms with Gasteiger partial charge in [0.15, 0.2) is 0 Å². The average Bonchev–Trinajstić information content (AvgIpc) is 2.17. The molecule has 0 aliphatic heterocycles. The number of carboxylic acid groups (broad SMARTS) is 1. The number of fused-ring (bicyclic) bond motifs is 1. The third-order valence-electron chi connectivity index (χ3n) is 2.36. The number of carbonyl (C=O) groups excluding carboxylic acids is 1. The maximum atomic E-state index is 10.8. The Balaban J connectivity index is 0.00000112. The molecule has 0 heterocycles. The third kappa shape index (κ3) is 2.19. The minimum atomic E-state index is -1.12. The Hall–Kier alpha value is -0.908. The van der Waals surface area contributed by atoms with Gasteiger partial charge in [0.1, 0.15) is 0 Å². The van der Waals surface area contributed by atoms with Crippen LogP contribution in [0.5, 0.6) is 0 Å². The van der Waals surface area contributed by atoms with E-state index in [-0.39, 0.29) is 32.9 Å². The zero-order valence-corrected chi connectivity index (χ0v) is 12.8. The zero-order chi connectivity index (χ0) is 10.1. The molecule has 0 aliphatic carbocycles. The zero-order valence-electron chi connectivity index (χ0n) is 8.36. The average molecular weight is 390 g/mol. The second-order valence-electron chi connectivity index (χ2n) is 3.26. The molecule has 0 radical (unpaired) electrons. The van der Waals surface area contributed by atoms with Crippen molar-refractivity contribution in [1.82, 2.24) is 0 Å². The third-order valence-corrected chi connectivity index (χ3v) is 2.36. The first kappa shape index (κ1) is 12.2. The van der Waals surface area contributed by atoms with Gasteiger partial charge < -0.3 is 9.90 Å². The summed E-state index contributed by atoms with van der Waals surface area (Å²) in [7, 11) is 0. The van der Waals surface area contributed by atoms with Crippen molar-refractivity contribution in [3.05, 3.63) is 47.5 Å². The Labute approximate surface area is 108 Å². The van der Waals surface area contributed by atoms with Crippen molar-refractivity contribution in [2.45, 2.75) is 6.92 Å². The molecule has 2 nitrogen and oxygen atoms in total. The van der Waals surface area contributed by atoms with E-state index in [1.54, 1.807) is 18.2 Å². The van der Waals surface area contributed by atoms with E-state index in [1.807, 2.05) is 25.1 Å². The molecule has 0 bridgehead atoms. The van der Waals surface area contributed by atoms with E-state index in [9.17, 15) is 9.90 Å². The number of benzene rings is 2. The van der Waals surface area contributed by atoms with Crippen LogP contribution in [0.4, 0.5) is 0 Å². The van der Waals surface area contributed by atoms with E-state index in [2.05, 4.69) is 0 Å². The summed E-state index contributed by atoms with van der Waals surface area (Å²) in [6.07, 6.45) is 0. The molecule has 0 N–H and O–H groups in total. The Bertz CT molecular complexity index is 506. The summed E-state index contributed by atoms with van der Waals surface area (Å²) in [5, 5.41) is 12.5. The van der Waals surface area contributed by atoms with Crippen molar-refractivity contribution in [3.8, 4) is 0 Å². The van der Waals surface area contributed by atoms with Crippen molar-refractivity contribution < 1.29 is 9.90 Å². The van der Waals surface area contributed by atoms with Gasteiger partial charge in [0.2, 0.25) is 0 Å². The van der Waals surface area contributed by atoms with Gasteiger partial charge in [-0.1, -0.05) is 36.4 Å². The molecule has 0 atom stereocenters. The van der Waals surface area contributed by atoms with Gasteiger partial charge >= 0.3 is 27.3 Å². The quantitative estimate of drug-likeness (QED) is 0.686. The molecular formula is C12H9O2Tl. The molecule has 15 heavy (non-hydrogen) atoms. The van der Waals surface area contributed by atoms with Crippen LogP contribution < -0.4 is 5.11 Å². The number of carboxylic acids is 1. The standard InChI is InChI=1S/C12H10O2.Tl/c1-8-4-2-6-10-9(8)5-3-7-11(10)12(13)14;/h2-7H,1H3,(H,13,14);/q;+1/p-1. The van der Waals surface area contributed by atoms with Crippen molar-refractivity contribution in [2.75, 3.05) is 0 Å². The molecule has 0 spiro atoms. The van der Waals surface area contributed by atoms with Crippen LogP contribution in [0, 0.1) is 6.92 Å². The maximum Gasteiger partial charge on any atom is 1.00 e. The Kier molecular flexibility index (Phi) is 3.85. The van der Waals surface area contributed by atoms with Gasteiger partial charge in [-0.05, 0) is 23.3 Å². The minimum Gasteiger partial charge on any atom is -0.545 e. The van der Waals surface area contributed by atoms with Crippen molar-refractivity contribution in [3.63, 3.8) is 0 Å². The van der Waals surface area contributed by atoms with Gasteiger partial charge in [-0.15, -0.1) is 0 Å². The molecule has 2 aromatic carbocycles. The van der Waals surface area contributed by atoms with Gasteiger partial charge in [0.05, 0.1) is 5.97 Å². The van der Waals surface area contributed by atoms with Crippen LogP contribution in [0.1, 0.15) is 15.9 Å². The summed E-state index contributed by atoms with van der Waals surface area (Å²) in [4.78, 5) is 10.8. The maximum absolute atomic E-state index is 10.8. The molecule has 0 aliphatic rings. The van der Waals surface area contributed by atoms with Crippen LogP contribution in [-0.2, 0) is 0 Å². The Morgan fingerprint density at radius 3 is 2.33 bits per heavy atom. The van der Waals surface area contributed by atoms with E-state index < -0.39 is 5.97 Å². The van der Waals surface area contributed by atoms with E-state index in [1.165, 1.54) is 0 Å². The van der Waals surface area contributed by atoms with E-state index in [4.69, 9.17) is 0 Å². The normalized spacial score (nSPS) is 9.67. The number of rotatable bonds is 1. The second-order valence-corrected chi connectivity index (χ2v) is 3.26. The van der Waals surface area contributed by atoms with Crippen molar-refractivity contribution in [1.29, 1.82) is 0 Å². The van der Waals surface area contributed by atoms with Crippen LogP contribution in [-0.4, -0.2) is 33.3 Å². The van der Waals surface area contributed by atoms with Crippen LogP contribution in [0.25, 0.3) is 10.8 Å². The molecule has 3 heteroatoms. The summed E-state index contributed by atoms with van der Waals surface area (Å²) in [5.41, 5.74) is 1.33. The van der Waals surface area contributed by atoms with E-state index >= 15 is 0 Å². The fourth-order valence-corrected chi connectivity index (χ4v) is 1.65. The van der Waals surface area contributed by atoms with Crippen LogP contribution in [0.15, 0.2) is 36.4 Å². The number of carbonyl (C=O) groups is 1. The number of aromatic carboxylic acids is 1. The van der Waals surface area contributed by atoms with Gasteiger partial charge in [0, 0.05) is 5.56 Å². The van der Waals surface area contributed by atoms with Gasteiger partial charge in [-0.25, -0.2) is 0 Å². The first-order valence-corrected chi connectivity index (χ1v) is 4.40.